The van der Waals surface area contributed by atoms with Gasteiger partial charge in [0.1, 0.15) is 0 Å². The highest BCUT2D eigenvalue weighted by atomic mass is 16.4. The molecule has 2 aromatic rings. The van der Waals surface area contributed by atoms with Crippen LogP contribution in [0.25, 0.3) is 11.1 Å². The lowest BCUT2D eigenvalue weighted by molar-refractivity contribution is -0.136. The van der Waals surface area contributed by atoms with Crippen molar-refractivity contribution in [1.82, 2.24) is 0 Å². The number of fused-ring (bicyclic) bond motifs is 1. The van der Waals surface area contributed by atoms with Gasteiger partial charge in [0.15, 0.2) is 5.78 Å². The van der Waals surface area contributed by atoms with E-state index in [9.17, 15) is 9.59 Å². The minimum Gasteiger partial charge on any atom is -0.481 e. The van der Waals surface area contributed by atoms with E-state index in [-0.39, 0.29) is 12.2 Å². The lowest BCUT2D eigenvalue weighted by atomic mass is 9.89. The molecule has 0 spiro atoms. The topological polar surface area (TPSA) is 78.2 Å². The van der Waals surface area contributed by atoms with Crippen LogP contribution in [0.4, 0.5) is 0 Å². The van der Waals surface area contributed by atoms with Crippen LogP contribution in [0.3, 0.4) is 0 Å². The van der Waals surface area contributed by atoms with Gasteiger partial charge in [-0.3, -0.25) is 9.59 Å². The summed E-state index contributed by atoms with van der Waals surface area (Å²) in [6.45, 7) is 7.60. The maximum absolute atomic E-state index is 12.0. The van der Waals surface area contributed by atoms with E-state index in [0.717, 1.165) is 23.1 Å². The fourth-order valence-corrected chi connectivity index (χ4v) is 3.16. The van der Waals surface area contributed by atoms with E-state index < -0.39 is 5.97 Å². The predicted octanol–water partition coefficient (Wildman–Crippen LogP) is 4.97. The lowest BCUT2D eigenvalue weighted by Gasteiger charge is -2.15. The van der Waals surface area contributed by atoms with E-state index in [0.29, 0.717) is 12.1 Å². The molecule has 0 aromatic heterocycles. The van der Waals surface area contributed by atoms with Gasteiger partial charge in [-0.1, -0.05) is 31.2 Å². The molecule has 0 atom stereocenters. The van der Waals surface area contributed by atoms with Gasteiger partial charge >= 0.3 is 5.97 Å². The van der Waals surface area contributed by atoms with Gasteiger partial charge in [0, 0.05) is 24.1 Å². The summed E-state index contributed by atoms with van der Waals surface area (Å²) in [7, 11) is 0. The first-order valence-corrected chi connectivity index (χ1v) is 8.80. The number of aryl methyl sites for hydroxylation is 2. The number of Topliss-reactive ketones (excluding diaryl/α,β-unsaturated/α-hetero) is 1. The summed E-state index contributed by atoms with van der Waals surface area (Å²) in [5, 5.41) is 15.6. The van der Waals surface area contributed by atoms with Gasteiger partial charge in [-0.2, -0.15) is 0 Å². The van der Waals surface area contributed by atoms with Crippen molar-refractivity contribution in [3.05, 3.63) is 58.1 Å². The molecule has 0 saturated heterocycles. The quantitative estimate of drug-likeness (QED) is 0.767. The molecule has 3 rings (SSSR count). The van der Waals surface area contributed by atoms with Gasteiger partial charge in [-0.05, 0) is 66.6 Å². The van der Waals surface area contributed by atoms with Crippen molar-refractivity contribution in [2.24, 2.45) is 0 Å². The minimum atomic E-state index is -0.745. The summed E-state index contributed by atoms with van der Waals surface area (Å²) in [6, 6.07) is 10.2. The number of rotatable bonds is 3. The van der Waals surface area contributed by atoms with Crippen molar-refractivity contribution >= 4 is 17.5 Å². The molecule has 0 bridgehead atoms. The Morgan fingerprint density at radius 2 is 1.69 bits per heavy atom. The number of nitrogens with one attached hydrogen (secondary N) is 1. The smallest absolute Gasteiger partial charge is 0.303 e. The van der Waals surface area contributed by atoms with E-state index in [1.807, 2.05) is 18.2 Å². The van der Waals surface area contributed by atoms with Crippen LogP contribution in [0.2, 0.25) is 0 Å². The summed E-state index contributed by atoms with van der Waals surface area (Å²) in [5.74, 6) is -0.492. The Morgan fingerprint density at radius 1 is 1.08 bits per heavy atom. The van der Waals surface area contributed by atoms with Gasteiger partial charge in [-0.25, -0.2) is 0 Å². The molecular formula is C22H25NO3. The number of hydrogen-bond donors (Lipinski definition) is 2. The molecule has 2 N–H and O–H groups in total. The van der Waals surface area contributed by atoms with Crippen LogP contribution in [0, 0.1) is 19.3 Å². The number of aliphatic carboxylic acids is 1. The first-order chi connectivity index (χ1) is 12.3. The second-order valence-electron chi connectivity index (χ2n) is 6.61. The van der Waals surface area contributed by atoms with Crippen LogP contribution in [-0.4, -0.2) is 22.6 Å². The summed E-state index contributed by atoms with van der Waals surface area (Å²) in [4.78, 5) is 21.4. The van der Waals surface area contributed by atoms with Crippen molar-refractivity contribution in [3.63, 3.8) is 0 Å². The molecule has 2 aromatic carbocycles. The lowest BCUT2D eigenvalue weighted by Crippen LogP contribution is -1.99. The number of carbonyl (C=O) groups is 2. The van der Waals surface area contributed by atoms with E-state index in [4.69, 9.17) is 10.5 Å². The van der Waals surface area contributed by atoms with Crippen LogP contribution in [0.5, 0.6) is 0 Å². The van der Waals surface area contributed by atoms with Crippen LogP contribution in [-0.2, 0) is 11.2 Å². The maximum atomic E-state index is 12.0. The Hall–Kier alpha value is -2.75. The van der Waals surface area contributed by atoms with Crippen molar-refractivity contribution in [3.8, 4) is 11.1 Å². The van der Waals surface area contributed by atoms with Gasteiger partial charge in [-0.15, -0.1) is 0 Å². The number of carboxylic acid groups (broad SMARTS) is 1. The molecule has 4 nitrogen and oxygen atoms in total. The summed E-state index contributed by atoms with van der Waals surface area (Å²) < 4.78 is 0. The molecule has 0 heterocycles. The molecular weight excluding hydrogens is 326 g/mol. The van der Waals surface area contributed by atoms with E-state index in [1.165, 1.54) is 22.3 Å². The molecule has 0 amide bonds. The average Bonchev–Trinajstić information content (AvgIpc) is 2.97. The number of carbonyl (C=O) groups excluding carboxylic acids is 1. The molecule has 26 heavy (non-hydrogen) atoms. The normalized spacial score (nSPS) is 12.2. The number of carboxylic acids is 1. The molecule has 1 aliphatic rings. The third kappa shape index (κ3) is 4.07. The summed E-state index contributed by atoms with van der Waals surface area (Å²) in [5.41, 5.74) is 8.31. The van der Waals surface area contributed by atoms with E-state index in [2.05, 4.69) is 26.0 Å². The molecule has 0 unspecified atom stereocenters. The Balaban J connectivity index is 0.000000431. The molecule has 0 fully saturated rings. The van der Waals surface area contributed by atoms with Gasteiger partial charge in [0.25, 0.3) is 0 Å². The Kier molecular flexibility index (Phi) is 6.09. The van der Waals surface area contributed by atoms with Gasteiger partial charge < -0.3 is 10.5 Å². The van der Waals surface area contributed by atoms with Crippen molar-refractivity contribution in [2.75, 3.05) is 0 Å². The molecule has 4 heteroatoms. The second kappa shape index (κ2) is 8.09. The van der Waals surface area contributed by atoms with Crippen molar-refractivity contribution in [2.45, 2.75) is 47.0 Å². The fraction of sp³-hybridized carbons (Fsp3) is 0.318. The van der Waals surface area contributed by atoms with E-state index in [1.54, 1.807) is 13.8 Å². The van der Waals surface area contributed by atoms with Crippen LogP contribution in [0.15, 0.2) is 30.3 Å². The summed E-state index contributed by atoms with van der Waals surface area (Å²) >= 11 is 0. The van der Waals surface area contributed by atoms with Crippen molar-refractivity contribution < 1.29 is 14.7 Å². The predicted molar refractivity (Wildman–Crippen MR) is 104 cm³/mol. The number of ketones is 1. The van der Waals surface area contributed by atoms with Gasteiger partial charge in [0.2, 0.25) is 0 Å². The molecule has 1 aliphatic carbocycles. The van der Waals surface area contributed by atoms with Crippen molar-refractivity contribution in [1.29, 1.82) is 5.41 Å². The van der Waals surface area contributed by atoms with Crippen LogP contribution >= 0.6 is 0 Å². The molecule has 0 saturated carbocycles. The highest BCUT2D eigenvalue weighted by Gasteiger charge is 2.24. The van der Waals surface area contributed by atoms with Crippen LogP contribution in [0.1, 0.15) is 59.3 Å². The standard InChI is InChI=1S/C19H19NO.C3H6O2/c1-11-4-6-14(13(3)20)10-17(11)19-12(2)5-7-15-16(19)8-9-18(15)21;1-2-3(4)5/h4-7,10,20H,8-9H2,1-3H3;2H2,1H3,(H,4,5). The maximum Gasteiger partial charge on any atom is 0.303 e. The third-order valence-electron chi connectivity index (χ3n) is 4.67. The number of benzene rings is 2. The molecule has 0 aliphatic heterocycles. The zero-order chi connectivity index (χ0) is 19.4. The zero-order valence-corrected chi connectivity index (χ0v) is 15.8. The Morgan fingerprint density at radius 3 is 2.27 bits per heavy atom. The zero-order valence-electron chi connectivity index (χ0n) is 15.8. The number of hydrogen-bond acceptors (Lipinski definition) is 3. The first-order valence-electron chi connectivity index (χ1n) is 8.80. The minimum absolute atomic E-state index is 0.222. The highest BCUT2D eigenvalue weighted by Crippen LogP contribution is 2.37. The second-order valence-corrected chi connectivity index (χ2v) is 6.61. The fourth-order valence-electron chi connectivity index (χ4n) is 3.16. The van der Waals surface area contributed by atoms with E-state index >= 15 is 0 Å². The monoisotopic (exact) mass is 351 g/mol. The Labute approximate surface area is 154 Å². The summed E-state index contributed by atoms with van der Waals surface area (Å²) in [6.07, 6.45) is 1.67. The highest BCUT2D eigenvalue weighted by molar-refractivity contribution is 6.03. The molecule has 136 valence electrons. The largest absolute Gasteiger partial charge is 0.481 e. The SMILES string of the molecule is CC(=N)c1ccc(C)c(-c2c(C)ccc3c2CCC3=O)c1.CCC(=O)O. The average molecular weight is 351 g/mol. The van der Waals surface area contributed by atoms with Crippen LogP contribution < -0.4 is 0 Å². The molecule has 0 radical (unpaired) electrons. The Bertz CT molecular complexity index is 881. The third-order valence-corrected chi connectivity index (χ3v) is 4.67. The van der Waals surface area contributed by atoms with Gasteiger partial charge in [0.05, 0.1) is 0 Å². The first kappa shape index (κ1) is 19.6.